The lowest BCUT2D eigenvalue weighted by atomic mass is 9.87. The predicted molar refractivity (Wildman–Crippen MR) is 58.7 cm³/mol. The van der Waals surface area contributed by atoms with Crippen molar-refractivity contribution in [2.24, 2.45) is 11.1 Å². The molecule has 0 aromatic heterocycles. The topological polar surface area (TPSA) is 58.4 Å². The van der Waals surface area contributed by atoms with Crippen LogP contribution >= 0.6 is 0 Å². The summed E-state index contributed by atoms with van der Waals surface area (Å²) in [5.41, 5.74) is 5.61. The van der Waals surface area contributed by atoms with Crippen molar-refractivity contribution in [2.45, 2.75) is 39.9 Å². The van der Waals surface area contributed by atoms with E-state index < -0.39 is 6.04 Å². The number of hydrogen-bond acceptors (Lipinski definition) is 3. The van der Waals surface area contributed by atoms with Crippen molar-refractivity contribution < 1.29 is 4.79 Å². The third kappa shape index (κ3) is 4.07. The number of carbonyl (C=O) groups excluding carboxylic acids is 1. The Kier molecular flexibility index (Phi) is 4.55. The molecule has 0 rings (SSSR count). The summed E-state index contributed by atoms with van der Waals surface area (Å²) in [7, 11) is 3.82. The number of nitrogens with zero attached hydrogens (tertiary/aromatic N) is 1. The van der Waals surface area contributed by atoms with E-state index in [0.29, 0.717) is 0 Å². The monoisotopic (exact) mass is 201 g/mol. The Hall–Kier alpha value is -0.610. The first kappa shape index (κ1) is 13.4. The minimum absolute atomic E-state index is 0.0101. The van der Waals surface area contributed by atoms with Gasteiger partial charge in [-0.3, -0.25) is 9.69 Å². The quantitative estimate of drug-likeness (QED) is 0.649. The molecule has 0 saturated carbocycles. The van der Waals surface area contributed by atoms with Gasteiger partial charge in [-0.2, -0.15) is 0 Å². The Balaban J connectivity index is 4.23. The van der Waals surface area contributed by atoms with Gasteiger partial charge in [0.2, 0.25) is 5.91 Å². The summed E-state index contributed by atoms with van der Waals surface area (Å²) in [4.78, 5) is 13.6. The molecule has 1 amide bonds. The van der Waals surface area contributed by atoms with Crippen molar-refractivity contribution >= 4 is 5.91 Å². The molecule has 4 nitrogen and oxygen atoms in total. The number of rotatable bonds is 3. The van der Waals surface area contributed by atoms with Gasteiger partial charge in [0, 0.05) is 0 Å². The van der Waals surface area contributed by atoms with Gasteiger partial charge in [-0.15, -0.1) is 0 Å². The molecule has 0 aromatic rings. The van der Waals surface area contributed by atoms with E-state index in [1.165, 1.54) is 0 Å². The molecule has 0 aliphatic rings. The predicted octanol–water partition coefficient (Wildman–Crippen LogP) is 0.384. The summed E-state index contributed by atoms with van der Waals surface area (Å²) in [5.74, 6) is -0.0984. The highest BCUT2D eigenvalue weighted by atomic mass is 16.2. The van der Waals surface area contributed by atoms with Gasteiger partial charge in [0.05, 0.1) is 12.2 Å². The lowest BCUT2D eigenvalue weighted by Gasteiger charge is -2.29. The van der Waals surface area contributed by atoms with Gasteiger partial charge in [0.25, 0.3) is 0 Å². The fourth-order valence-electron chi connectivity index (χ4n) is 0.818. The number of amides is 1. The number of nitrogens with two attached hydrogens (primary N) is 1. The zero-order valence-electron chi connectivity index (χ0n) is 10.1. The first-order valence-corrected chi connectivity index (χ1v) is 4.88. The van der Waals surface area contributed by atoms with Gasteiger partial charge in [0.1, 0.15) is 0 Å². The first-order chi connectivity index (χ1) is 6.16. The zero-order chi connectivity index (χ0) is 11.5. The van der Waals surface area contributed by atoms with Gasteiger partial charge in [0.15, 0.2) is 0 Å². The number of nitrogens with one attached hydrogen (secondary N) is 1. The Morgan fingerprint density at radius 2 is 1.79 bits per heavy atom. The van der Waals surface area contributed by atoms with Crippen LogP contribution in [-0.4, -0.2) is 37.1 Å². The second-order valence-electron chi connectivity index (χ2n) is 4.99. The number of hydrogen-bond donors (Lipinski definition) is 2. The standard InChI is InChI=1S/C10H23N3O/c1-7(13(5)6)12-9(14)8(11)10(2,3)4/h7-8H,11H2,1-6H3,(H,12,14)/t7?,8-/m1/s1. The molecule has 4 heteroatoms. The normalized spacial score (nSPS) is 16.6. The Labute approximate surface area is 86.8 Å². The molecule has 0 bridgehead atoms. The first-order valence-electron chi connectivity index (χ1n) is 4.88. The summed E-state index contributed by atoms with van der Waals surface area (Å²) >= 11 is 0. The lowest BCUT2D eigenvalue weighted by molar-refractivity contribution is -0.126. The Bertz CT molecular complexity index is 196. The molecule has 2 atom stereocenters. The lowest BCUT2D eigenvalue weighted by Crippen LogP contribution is -2.53. The second-order valence-corrected chi connectivity index (χ2v) is 4.99. The van der Waals surface area contributed by atoms with Crippen LogP contribution in [0.5, 0.6) is 0 Å². The van der Waals surface area contributed by atoms with Gasteiger partial charge in [-0.05, 0) is 26.4 Å². The van der Waals surface area contributed by atoms with Crippen molar-refractivity contribution in [1.82, 2.24) is 10.2 Å². The highest BCUT2D eigenvalue weighted by molar-refractivity contribution is 5.82. The van der Waals surface area contributed by atoms with Crippen LogP contribution in [0.3, 0.4) is 0 Å². The molecule has 0 saturated heterocycles. The molecule has 0 fully saturated rings. The van der Waals surface area contributed by atoms with Crippen LogP contribution in [0.1, 0.15) is 27.7 Å². The average Bonchev–Trinajstić information content (AvgIpc) is 2.00. The molecule has 14 heavy (non-hydrogen) atoms. The molecule has 3 N–H and O–H groups in total. The third-order valence-electron chi connectivity index (χ3n) is 2.34. The maximum Gasteiger partial charge on any atom is 0.238 e. The van der Waals surface area contributed by atoms with E-state index in [2.05, 4.69) is 5.32 Å². The minimum atomic E-state index is -0.468. The fraction of sp³-hybridized carbons (Fsp3) is 0.900. The fourth-order valence-corrected chi connectivity index (χ4v) is 0.818. The second kappa shape index (κ2) is 4.75. The molecule has 0 spiro atoms. The van der Waals surface area contributed by atoms with Crippen LogP contribution in [-0.2, 0) is 4.79 Å². The van der Waals surface area contributed by atoms with Gasteiger partial charge < -0.3 is 11.1 Å². The van der Waals surface area contributed by atoms with Crippen LogP contribution in [0.4, 0.5) is 0 Å². The Morgan fingerprint density at radius 3 is 2.07 bits per heavy atom. The van der Waals surface area contributed by atoms with Crippen LogP contribution in [0, 0.1) is 5.41 Å². The van der Waals surface area contributed by atoms with E-state index in [1.807, 2.05) is 46.7 Å². The molecular weight excluding hydrogens is 178 g/mol. The van der Waals surface area contributed by atoms with Crippen molar-refractivity contribution in [3.8, 4) is 0 Å². The van der Waals surface area contributed by atoms with Gasteiger partial charge in [-0.25, -0.2) is 0 Å². The van der Waals surface area contributed by atoms with Crippen LogP contribution in [0.25, 0.3) is 0 Å². The highest BCUT2D eigenvalue weighted by Crippen LogP contribution is 2.17. The van der Waals surface area contributed by atoms with Crippen LogP contribution in [0.2, 0.25) is 0 Å². The SMILES string of the molecule is CC(NC(=O)[C@@H](N)C(C)(C)C)N(C)C. The zero-order valence-corrected chi connectivity index (χ0v) is 10.1. The Morgan fingerprint density at radius 1 is 1.36 bits per heavy atom. The summed E-state index contributed by atoms with van der Waals surface area (Å²) in [6.45, 7) is 7.79. The van der Waals surface area contributed by atoms with Crippen molar-refractivity contribution in [3.63, 3.8) is 0 Å². The van der Waals surface area contributed by atoms with E-state index >= 15 is 0 Å². The van der Waals surface area contributed by atoms with E-state index in [4.69, 9.17) is 5.73 Å². The minimum Gasteiger partial charge on any atom is -0.339 e. The maximum absolute atomic E-state index is 11.6. The van der Waals surface area contributed by atoms with Crippen LogP contribution in [0.15, 0.2) is 0 Å². The van der Waals surface area contributed by atoms with Crippen LogP contribution < -0.4 is 11.1 Å². The summed E-state index contributed by atoms with van der Waals surface area (Å²) in [5, 5.41) is 2.85. The molecule has 0 aliphatic carbocycles. The molecule has 0 aromatic carbocycles. The number of carbonyl (C=O) groups is 1. The summed E-state index contributed by atoms with van der Waals surface area (Å²) < 4.78 is 0. The average molecular weight is 201 g/mol. The molecule has 0 heterocycles. The van der Waals surface area contributed by atoms with Crippen molar-refractivity contribution in [2.75, 3.05) is 14.1 Å². The molecule has 0 radical (unpaired) electrons. The highest BCUT2D eigenvalue weighted by Gasteiger charge is 2.28. The van der Waals surface area contributed by atoms with Crippen molar-refractivity contribution in [1.29, 1.82) is 0 Å². The van der Waals surface area contributed by atoms with E-state index in [9.17, 15) is 4.79 Å². The van der Waals surface area contributed by atoms with E-state index in [1.54, 1.807) is 0 Å². The van der Waals surface area contributed by atoms with Gasteiger partial charge >= 0.3 is 0 Å². The maximum atomic E-state index is 11.6. The van der Waals surface area contributed by atoms with Crippen molar-refractivity contribution in [3.05, 3.63) is 0 Å². The molecule has 84 valence electrons. The molecule has 0 aliphatic heterocycles. The molecular formula is C10H23N3O. The molecule has 1 unspecified atom stereocenters. The largest absolute Gasteiger partial charge is 0.339 e. The van der Waals surface area contributed by atoms with E-state index in [-0.39, 0.29) is 17.5 Å². The smallest absolute Gasteiger partial charge is 0.238 e. The van der Waals surface area contributed by atoms with E-state index in [0.717, 1.165) is 0 Å². The van der Waals surface area contributed by atoms with Gasteiger partial charge in [-0.1, -0.05) is 20.8 Å². The third-order valence-corrected chi connectivity index (χ3v) is 2.34. The summed E-state index contributed by atoms with van der Waals surface area (Å²) in [6, 6.07) is -0.468. The summed E-state index contributed by atoms with van der Waals surface area (Å²) in [6.07, 6.45) is 0.0101.